The molecule has 2 N–H and O–H groups in total. The van der Waals surface area contributed by atoms with Gasteiger partial charge in [-0.1, -0.05) is 72.6 Å². The van der Waals surface area contributed by atoms with E-state index in [4.69, 9.17) is 9.47 Å². The number of rotatable bonds is 9. The van der Waals surface area contributed by atoms with Crippen molar-refractivity contribution in [2.75, 3.05) is 13.1 Å². The first-order valence-corrected chi connectivity index (χ1v) is 13.7. The van der Waals surface area contributed by atoms with Crippen molar-refractivity contribution in [1.29, 1.82) is 0 Å². The van der Waals surface area contributed by atoms with Crippen molar-refractivity contribution in [2.45, 2.75) is 45.9 Å². The summed E-state index contributed by atoms with van der Waals surface area (Å²) in [7, 11) is 0. The molecule has 3 unspecified atom stereocenters. The molecule has 0 bridgehead atoms. The number of aryl methyl sites for hydroxylation is 2. The minimum Gasteiger partial charge on any atom is -0.478 e. The van der Waals surface area contributed by atoms with Gasteiger partial charge in [-0.3, -0.25) is 9.69 Å². The molecule has 1 aliphatic heterocycles. The van der Waals surface area contributed by atoms with Crippen molar-refractivity contribution in [1.82, 2.24) is 4.90 Å². The standard InChI is InChI=1S/C20H18O8.C13H17NO/c1-11-3-7-13(8-4-11)19(25)27-15(17(21)22)16(18(23)24)28-20(26)14-9-5-12(2)6-10-14;1-11-9-14(8-7-13(11)15)10-12-5-3-2-4-6-12/h3-10,15-16H,1-2H3,(H,21,22)(H,23,24);2-6,11H,7-10H2,1H3. The summed E-state index contributed by atoms with van der Waals surface area (Å²) in [6.45, 7) is 8.41. The lowest BCUT2D eigenvalue weighted by molar-refractivity contribution is -0.166. The molecule has 43 heavy (non-hydrogen) atoms. The molecule has 0 spiro atoms. The lowest BCUT2D eigenvalue weighted by Gasteiger charge is -2.29. The Kier molecular flexibility index (Phi) is 11.7. The number of ketones is 1. The number of ether oxygens (including phenoxy) is 2. The monoisotopic (exact) mass is 589 g/mol. The molecule has 1 aliphatic rings. The number of piperidine rings is 1. The highest BCUT2D eigenvalue weighted by atomic mass is 16.6. The number of nitrogens with zero attached hydrogens (tertiary/aromatic N) is 1. The first kappa shape index (κ1) is 32.7. The summed E-state index contributed by atoms with van der Waals surface area (Å²) in [5, 5.41) is 18.6. The van der Waals surface area contributed by atoms with Gasteiger partial charge >= 0.3 is 23.9 Å². The highest BCUT2D eigenvalue weighted by Gasteiger charge is 2.41. The smallest absolute Gasteiger partial charge is 0.349 e. The van der Waals surface area contributed by atoms with Gasteiger partial charge in [-0.2, -0.15) is 0 Å². The largest absolute Gasteiger partial charge is 0.478 e. The summed E-state index contributed by atoms with van der Waals surface area (Å²) >= 11 is 0. The molecule has 0 saturated carbocycles. The zero-order chi connectivity index (χ0) is 31.5. The number of carbonyl (C=O) groups excluding carboxylic acids is 3. The van der Waals surface area contributed by atoms with Crippen LogP contribution in [0.1, 0.15) is 50.8 Å². The predicted octanol–water partition coefficient (Wildman–Crippen LogP) is 4.32. The number of benzene rings is 3. The number of Topliss-reactive ketones (excluding diaryl/α,β-unsaturated/α-hetero) is 1. The number of hydrogen-bond acceptors (Lipinski definition) is 8. The Morgan fingerprint density at radius 1 is 0.767 bits per heavy atom. The van der Waals surface area contributed by atoms with Crippen LogP contribution in [0.4, 0.5) is 0 Å². The Bertz CT molecular complexity index is 1340. The Hall–Kier alpha value is -4.83. The fourth-order valence-corrected chi connectivity index (χ4v) is 4.31. The number of aliphatic carboxylic acids is 2. The van der Waals surface area contributed by atoms with Crippen LogP contribution < -0.4 is 0 Å². The normalized spacial score (nSPS) is 16.2. The van der Waals surface area contributed by atoms with E-state index in [2.05, 4.69) is 29.2 Å². The van der Waals surface area contributed by atoms with Crippen LogP contribution in [0.25, 0.3) is 0 Å². The molecular formula is C33H35NO9. The van der Waals surface area contributed by atoms with Gasteiger partial charge in [-0.05, 0) is 43.7 Å². The van der Waals surface area contributed by atoms with E-state index in [0.29, 0.717) is 12.2 Å². The zero-order valence-corrected chi connectivity index (χ0v) is 24.3. The summed E-state index contributed by atoms with van der Waals surface area (Å²) in [6.07, 6.45) is -3.73. The van der Waals surface area contributed by atoms with Gasteiger partial charge in [0.25, 0.3) is 0 Å². The fraction of sp³-hybridized carbons (Fsp3) is 0.303. The Balaban J connectivity index is 0.000000282. The van der Waals surface area contributed by atoms with Crippen molar-refractivity contribution in [3.8, 4) is 0 Å². The quantitative estimate of drug-likeness (QED) is 0.346. The molecule has 0 amide bonds. The first-order chi connectivity index (χ1) is 20.4. The van der Waals surface area contributed by atoms with Gasteiger partial charge in [0.15, 0.2) is 0 Å². The molecule has 4 rings (SSSR count). The van der Waals surface area contributed by atoms with Gasteiger partial charge in [-0.25, -0.2) is 19.2 Å². The lowest BCUT2D eigenvalue weighted by Crippen LogP contribution is -2.45. The molecule has 10 heteroatoms. The van der Waals surface area contributed by atoms with Gasteiger partial charge in [0.05, 0.1) is 11.1 Å². The fourth-order valence-electron chi connectivity index (χ4n) is 4.31. The molecule has 1 heterocycles. The zero-order valence-electron chi connectivity index (χ0n) is 24.3. The predicted molar refractivity (Wildman–Crippen MR) is 157 cm³/mol. The van der Waals surface area contributed by atoms with Crippen LogP contribution in [0.2, 0.25) is 0 Å². The Morgan fingerprint density at radius 3 is 1.60 bits per heavy atom. The minimum absolute atomic E-state index is 0.0332. The highest BCUT2D eigenvalue weighted by molar-refractivity contribution is 5.95. The maximum Gasteiger partial charge on any atom is 0.349 e. The van der Waals surface area contributed by atoms with E-state index in [1.165, 1.54) is 29.8 Å². The van der Waals surface area contributed by atoms with Crippen molar-refractivity contribution in [2.24, 2.45) is 5.92 Å². The van der Waals surface area contributed by atoms with Crippen LogP contribution in [0, 0.1) is 19.8 Å². The van der Waals surface area contributed by atoms with E-state index >= 15 is 0 Å². The number of esters is 2. The van der Waals surface area contributed by atoms with Gasteiger partial charge in [-0.15, -0.1) is 0 Å². The molecule has 10 nitrogen and oxygen atoms in total. The lowest BCUT2D eigenvalue weighted by atomic mass is 9.98. The molecule has 3 aromatic rings. The van der Waals surface area contributed by atoms with E-state index in [1.807, 2.05) is 13.0 Å². The highest BCUT2D eigenvalue weighted by Crippen LogP contribution is 2.16. The van der Waals surface area contributed by atoms with E-state index in [0.717, 1.165) is 30.8 Å². The van der Waals surface area contributed by atoms with Gasteiger partial charge in [0, 0.05) is 32.0 Å². The van der Waals surface area contributed by atoms with Crippen LogP contribution in [0.5, 0.6) is 0 Å². The van der Waals surface area contributed by atoms with E-state index in [9.17, 15) is 34.2 Å². The minimum atomic E-state index is -2.22. The molecular weight excluding hydrogens is 554 g/mol. The van der Waals surface area contributed by atoms with E-state index in [1.54, 1.807) is 38.1 Å². The van der Waals surface area contributed by atoms with Gasteiger partial charge in [0.2, 0.25) is 12.2 Å². The second-order valence-corrected chi connectivity index (χ2v) is 10.4. The molecule has 1 saturated heterocycles. The summed E-state index contributed by atoms with van der Waals surface area (Å²) < 4.78 is 9.64. The summed E-state index contributed by atoms with van der Waals surface area (Å²) in [4.78, 5) is 61.1. The maximum absolute atomic E-state index is 12.2. The van der Waals surface area contributed by atoms with Gasteiger partial charge < -0.3 is 19.7 Å². The van der Waals surface area contributed by atoms with E-state index in [-0.39, 0.29) is 17.0 Å². The van der Waals surface area contributed by atoms with Crippen LogP contribution in [0.15, 0.2) is 78.9 Å². The molecule has 226 valence electrons. The molecule has 0 aliphatic carbocycles. The number of likely N-dealkylation sites (tertiary alicyclic amines) is 1. The molecule has 1 fully saturated rings. The van der Waals surface area contributed by atoms with Crippen LogP contribution in [-0.2, 0) is 30.4 Å². The van der Waals surface area contributed by atoms with Crippen LogP contribution in [-0.4, -0.2) is 70.1 Å². The van der Waals surface area contributed by atoms with Crippen LogP contribution in [0.3, 0.4) is 0 Å². The summed E-state index contributed by atoms with van der Waals surface area (Å²) in [6, 6.07) is 22.5. The second kappa shape index (κ2) is 15.4. The van der Waals surface area contributed by atoms with E-state index < -0.39 is 36.1 Å². The molecule has 3 aromatic carbocycles. The van der Waals surface area contributed by atoms with Crippen molar-refractivity contribution >= 4 is 29.7 Å². The van der Waals surface area contributed by atoms with Crippen molar-refractivity contribution in [3.05, 3.63) is 107 Å². The SMILES string of the molecule is CC1CN(Cc2ccccc2)CCC1=O.Cc1ccc(C(=O)OC(C(=O)O)C(OC(=O)c2ccc(C)cc2)C(=O)O)cc1. The topological polar surface area (TPSA) is 148 Å². The maximum atomic E-state index is 12.2. The molecule has 0 aromatic heterocycles. The second-order valence-electron chi connectivity index (χ2n) is 10.4. The Labute approximate surface area is 249 Å². The number of hydrogen-bond donors (Lipinski definition) is 2. The van der Waals surface area contributed by atoms with Crippen molar-refractivity contribution < 1.29 is 43.7 Å². The van der Waals surface area contributed by atoms with Crippen LogP contribution >= 0.6 is 0 Å². The third-order valence-electron chi connectivity index (χ3n) is 6.81. The average molecular weight is 590 g/mol. The third-order valence-corrected chi connectivity index (χ3v) is 6.81. The Morgan fingerprint density at radius 2 is 1.21 bits per heavy atom. The number of carbonyl (C=O) groups is 5. The average Bonchev–Trinajstić information content (AvgIpc) is 2.98. The van der Waals surface area contributed by atoms with Gasteiger partial charge in [0.1, 0.15) is 5.78 Å². The molecule has 3 atom stereocenters. The molecule has 0 radical (unpaired) electrons. The number of carboxylic acid groups (broad SMARTS) is 2. The summed E-state index contributed by atoms with van der Waals surface area (Å²) in [5.74, 6) is -4.99. The first-order valence-electron chi connectivity index (χ1n) is 13.7. The summed E-state index contributed by atoms with van der Waals surface area (Å²) in [5.41, 5.74) is 3.12. The third kappa shape index (κ3) is 9.89. The van der Waals surface area contributed by atoms with Crippen molar-refractivity contribution in [3.63, 3.8) is 0 Å². The number of carboxylic acids is 2.